The number of nitrogens with zero attached hydrogens (tertiary/aromatic N) is 2. The number of rotatable bonds is 5. The minimum Gasteiger partial charge on any atom is -0.284 e. The van der Waals surface area contributed by atoms with Gasteiger partial charge in [0.1, 0.15) is 4.90 Å². The Morgan fingerprint density at radius 3 is 2.53 bits per heavy atom. The molecular formula is C13H21N3O2S. The molecule has 0 saturated heterocycles. The fourth-order valence-electron chi connectivity index (χ4n) is 2.95. The molecule has 1 aromatic rings. The fraction of sp³-hybridized carbons (Fsp3) is 0.769. The average molecular weight is 283 g/mol. The second-order valence-corrected chi connectivity index (χ2v) is 7.63. The first-order chi connectivity index (χ1) is 9.18. The van der Waals surface area contributed by atoms with Gasteiger partial charge in [-0.3, -0.25) is 5.10 Å². The van der Waals surface area contributed by atoms with Gasteiger partial charge in [-0.2, -0.15) is 9.40 Å². The maximum absolute atomic E-state index is 12.6. The minimum absolute atomic E-state index is 0.224. The molecule has 1 aromatic heterocycles. The van der Waals surface area contributed by atoms with E-state index in [2.05, 4.69) is 10.2 Å². The highest BCUT2D eigenvalue weighted by Crippen LogP contribution is 2.35. The molecule has 0 aromatic carbocycles. The molecule has 0 aliphatic heterocycles. The lowest BCUT2D eigenvalue weighted by molar-refractivity contribution is 0.274. The third-order valence-corrected chi connectivity index (χ3v) is 6.08. The maximum atomic E-state index is 12.6. The van der Waals surface area contributed by atoms with Gasteiger partial charge in [0.25, 0.3) is 0 Å². The van der Waals surface area contributed by atoms with Gasteiger partial charge in [0.05, 0.1) is 6.20 Å². The highest BCUT2D eigenvalue weighted by Gasteiger charge is 2.39. The van der Waals surface area contributed by atoms with Crippen LogP contribution in [0.5, 0.6) is 0 Å². The van der Waals surface area contributed by atoms with Crippen LogP contribution >= 0.6 is 0 Å². The molecule has 1 N–H and O–H groups in total. The normalized spacial score (nSPS) is 21.9. The molecule has 2 saturated carbocycles. The van der Waals surface area contributed by atoms with E-state index in [1.165, 1.54) is 44.5 Å². The number of hydrogen-bond acceptors (Lipinski definition) is 3. The van der Waals surface area contributed by atoms with Crippen molar-refractivity contribution < 1.29 is 8.42 Å². The molecule has 5 nitrogen and oxygen atoms in total. The Hall–Kier alpha value is -0.880. The molecule has 106 valence electrons. The third kappa shape index (κ3) is 2.84. The Labute approximate surface area is 114 Å². The third-order valence-electron chi connectivity index (χ3n) is 4.20. The van der Waals surface area contributed by atoms with E-state index in [1.54, 1.807) is 4.31 Å². The Morgan fingerprint density at radius 2 is 1.95 bits per heavy atom. The molecule has 3 rings (SSSR count). The monoisotopic (exact) mass is 283 g/mol. The Bertz CT molecular complexity index is 502. The Balaban J connectivity index is 1.77. The van der Waals surface area contributed by atoms with Crippen LogP contribution in [0.1, 0.15) is 44.9 Å². The van der Waals surface area contributed by atoms with Crippen LogP contribution in [-0.2, 0) is 10.0 Å². The number of hydrogen-bond donors (Lipinski definition) is 1. The molecule has 6 heteroatoms. The molecule has 0 amide bonds. The molecule has 0 spiro atoms. The SMILES string of the molecule is O=S(=O)(c1cn[nH]c1)N(CC1CCCCC1)C1CC1. The first-order valence-corrected chi connectivity index (χ1v) is 8.62. The van der Waals surface area contributed by atoms with E-state index in [1.807, 2.05) is 0 Å². The Kier molecular flexibility index (Phi) is 3.62. The van der Waals surface area contributed by atoms with Gasteiger partial charge in [0, 0.05) is 18.8 Å². The van der Waals surface area contributed by atoms with Gasteiger partial charge in [-0.05, 0) is 31.6 Å². The number of aromatic amines is 1. The molecule has 1 heterocycles. The first kappa shape index (κ1) is 13.1. The number of H-pyrrole nitrogens is 1. The predicted molar refractivity (Wildman–Crippen MR) is 72.1 cm³/mol. The second kappa shape index (κ2) is 5.25. The van der Waals surface area contributed by atoms with Gasteiger partial charge in [0.15, 0.2) is 0 Å². The summed E-state index contributed by atoms with van der Waals surface area (Å²) in [7, 11) is -3.35. The summed E-state index contributed by atoms with van der Waals surface area (Å²) < 4.78 is 27.0. The zero-order valence-electron chi connectivity index (χ0n) is 11.1. The molecule has 0 bridgehead atoms. The molecule has 2 aliphatic rings. The van der Waals surface area contributed by atoms with Gasteiger partial charge >= 0.3 is 0 Å². The highest BCUT2D eigenvalue weighted by molar-refractivity contribution is 7.89. The van der Waals surface area contributed by atoms with E-state index in [9.17, 15) is 8.42 Å². The van der Waals surface area contributed by atoms with E-state index >= 15 is 0 Å². The van der Waals surface area contributed by atoms with E-state index in [4.69, 9.17) is 0 Å². The van der Waals surface area contributed by atoms with Gasteiger partial charge < -0.3 is 0 Å². The van der Waals surface area contributed by atoms with Crippen molar-refractivity contribution in [2.75, 3.05) is 6.54 Å². The first-order valence-electron chi connectivity index (χ1n) is 7.18. The van der Waals surface area contributed by atoms with E-state index < -0.39 is 10.0 Å². The molecule has 2 aliphatic carbocycles. The molecule has 0 unspecified atom stereocenters. The Morgan fingerprint density at radius 1 is 1.21 bits per heavy atom. The van der Waals surface area contributed by atoms with Gasteiger partial charge in [-0.15, -0.1) is 0 Å². The summed E-state index contributed by atoms with van der Waals surface area (Å²) in [6, 6.07) is 0.224. The molecule has 0 radical (unpaired) electrons. The average Bonchev–Trinajstić information content (AvgIpc) is 3.09. The van der Waals surface area contributed by atoms with Crippen LogP contribution in [0.25, 0.3) is 0 Å². The standard InChI is InChI=1S/C13H21N3O2S/c17-19(18,13-8-14-15-9-13)16(12-6-7-12)10-11-4-2-1-3-5-11/h8-9,11-12H,1-7,10H2,(H,14,15). The predicted octanol–water partition coefficient (Wildman–Crippen LogP) is 2.14. The molecular weight excluding hydrogens is 262 g/mol. The van der Waals surface area contributed by atoms with Crippen molar-refractivity contribution >= 4 is 10.0 Å². The van der Waals surface area contributed by atoms with Crippen LogP contribution in [0.3, 0.4) is 0 Å². The fourth-order valence-corrected chi connectivity index (χ4v) is 4.61. The highest BCUT2D eigenvalue weighted by atomic mass is 32.2. The topological polar surface area (TPSA) is 66.1 Å². The molecule has 19 heavy (non-hydrogen) atoms. The van der Waals surface area contributed by atoms with Gasteiger partial charge in [0.2, 0.25) is 10.0 Å². The van der Waals surface area contributed by atoms with E-state index in [-0.39, 0.29) is 6.04 Å². The number of aromatic nitrogens is 2. The second-order valence-electron chi connectivity index (χ2n) is 5.74. The lowest BCUT2D eigenvalue weighted by atomic mass is 9.89. The molecule has 0 atom stereocenters. The van der Waals surface area contributed by atoms with Crippen molar-refractivity contribution in [1.29, 1.82) is 0 Å². The zero-order valence-corrected chi connectivity index (χ0v) is 11.9. The van der Waals surface area contributed by atoms with E-state index in [0.29, 0.717) is 17.4 Å². The van der Waals surface area contributed by atoms with E-state index in [0.717, 1.165) is 12.8 Å². The lowest BCUT2D eigenvalue weighted by Gasteiger charge is -2.28. The van der Waals surface area contributed by atoms with Crippen LogP contribution in [0.15, 0.2) is 17.3 Å². The van der Waals surface area contributed by atoms with Crippen LogP contribution < -0.4 is 0 Å². The van der Waals surface area contributed by atoms with Crippen molar-refractivity contribution in [1.82, 2.24) is 14.5 Å². The van der Waals surface area contributed by atoms with Crippen LogP contribution in [0.2, 0.25) is 0 Å². The smallest absolute Gasteiger partial charge is 0.246 e. The van der Waals surface area contributed by atoms with Crippen LogP contribution in [0, 0.1) is 5.92 Å². The summed E-state index contributed by atoms with van der Waals surface area (Å²) in [4.78, 5) is 0.301. The molecule has 2 fully saturated rings. The minimum atomic E-state index is -3.35. The van der Waals surface area contributed by atoms with Crippen LogP contribution in [-0.4, -0.2) is 35.5 Å². The number of nitrogens with one attached hydrogen (secondary N) is 1. The zero-order chi connectivity index (χ0) is 13.3. The number of sulfonamides is 1. The summed E-state index contributed by atoms with van der Waals surface area (Å²) >= 11 is 0. The van der Waals surface area contributed by atoms with Gasteiger partial charge in [-0.1, -0.05) is 19.3 Å². The van der Waals surface area contributed by atoms with Crippen molar-refractivity contribution in [3.8, 4) is 0 Å². The van der Waals surface area contributed by atoms with Crippen molar-refractivity contribution in [3.05, 3.63) is 12.4 Å². The van der Waals surface area contributed by atoms with Crippen molar-refractivity contribution in [3.63, 3.8) is 0 Å². The van der Waals surface area contributed by atoms with Crippen molar-refractivity contribution in [2.24, 2.45) is 5.92 Å². The maximum Gasteiger partial charge on any atom is 0.246 e. The summed E-state index contributed by atoms with van der Waals surface area (Å²) in [5.74, 6) is 0.538. The quantitative estimate of drug-likeness (QED) is 0.900. The summed E-state index contributed by atoms with van der Waals surface area (Å²) in [5.41, 5.74) is 0. The van der Waals surface area contributed by atoms with Gasteiger partial charge in [-0.25, -0.2) is 8.42 Å². The van der Waals surface area contributed by atoms with Crippen molar-refractivity contribution in [2.45, 2.75) is 55.9 Å². The lowest BCUT2D eigenvalue weighted by Crippen LogP contribution is -2.37. The largest absolute Gasteiger partial charge is 0.284 e. The van der Waals surface area contributed by atoms with Crippen LogP contribution in [0.4, 0.5) is 0 Å². The summed E-state index contributed by atoms with van der Waals surface area (Å²) in [6.45, 7) is 0.693. The summed E-state index contributed by atoms with van der Waals surface area (Å²) in [6.07, 6.45) is 11.0. The summed E-state index contributed by atoms with van der Waals surface area (Å²) in [5, 5.41) is 6.36.